The summed E-state index contributed by atoms with van der Waals surface area (Å²) < 4.78 is 4.44. The fraction of sp³-hybridized carbons (Fsp3) is 0.130. The van der Waals surface area contributed by atoms with Crippen molar-refractivity contribution in [1.29, 1.82) is 0 Å². The smallest absolute Gasteiger partial charge is 0.0610 e. The fourth-order valence-corrected chi connectivity index (χ4v) is 9.51. The Bertz CT molecular complexity index is 3360. The minimum atomic E-state index is -0.180. The summed E-state index contributed by atoms with van der Waals surface area (Å²) in [7, 11) is 0. The highest BCUT2D eigenvalue weighted by atomic mass is 15.2. The first-order valence-corrected chi connectivity index (χ1v) is 24.9. The number of nitrogens with zero attached hydrogens (tertiary/aromatic N) is 4. The van der Waals surface area contributed by atoms with E-state index in [2.05, 4.69) is 207 Å². The third kappa shape index (κ3) is 12.8. The van der Waals surface area contributed by atoms with Gasteiger partial charge in [-0.25, -0.2) is 0 Å². The second kappa shape index (κ2) is 26.6. The Balaban J connectivity index is 1.31. The van der Waals surface area contributed by atoms with Crippen LogP contribution in [0.4, 0.5) is 0 Å². The maximum atomic E-state index is 4.63. The molecule has 0 saturated heterocycles. The molecule has 5 unspecified atom stereocenters. The van der Waals surface area contributed by atoms with Crippen LogP contribution in [0, 0.1) is 11.8 Å². The number of benzene rings is 2. The molecule has 0 fully saturated rings. The topological polar surface area (TPSA) is 16.3 Å². The summed E-state index contributed by atoms with van der Waals surface area (Å²) in [4.78, 5) is 4.41. The molecule has 4 heteroatoms. The molecule has 1 aliphatic heterocycles. The molecule has 73 heavy (non-hydrogen) atoms. The molecule has 6 rings (SSSR count). The zero-order valence-corrected chi connectivity index (χ0v) is 42.9. The van der Waals surface area contributed by atoms with Crippen molar-refractivity contribution in [2.75, 3.05) is 0 Å². The van der Waals surface area contributed by atoms with E-state index in [0.29, 0.717) is 0 Å². The van der Waals surface area contributed by atoms with Crippen LogP contribution < -0.4 is 21.1 Å². The first kappa shape index (κ1) is 53.7. The van der Waals surface area contributed by atoms with Gasteiger partial charge in [-0.05, 0) is 85.3 Å². The maximum absolute atomic E-state index is 4.63. The van der Waals surface area contributed by atoms with Gasteiger partial charge in [0.05, 0.1) is 23.6 Å². The van der Waals surface area contributed by atoms with Crippen LogP contribution in [-0.4, -0.2) is 31.0 Å². The van der Waals surface area contributed by atoms with E-state index >= 15 is 0 Å². The van der Waals surface area contributed by atoms with Gasteiger partial charge in [0.1, 0.15) is 0 Å². The number of aromatic nitrogens is 2. The number of rotatable bonds is 22. The van der Waals surface area contributed by atoms with Gasteiger partial charge in [-0.15, -0.1) is 13.2 Å². The standard InChI is InChI=1S/C69H72N4/c1-13-28-58(18-6)59-45-47-62(48-46-59)70(49-16-4)52(9)39-40-53(10)71-50-27-33-57(31-25-34-61(19-7)73-67(30-15-3)54(11)63-35-21-24-38-69(63)73)42-44-60(66(71)20-8)43-41-56(17-5)32-26-51-72-55(12)64(29-14-2)65-36-22-23-37-68(65)72/h13-32,35-47,49-51,57,60-62,66H,1-3,5-12,33-34,48H2,4H3/b31-25+,40-39-,43-41+,44-42+,49-16+,50-27+,51-26+,56-32+,58-28+,64-29+,67-30+. The average molecular weight is 957 g/mol. The first-order chi connectivity index (χ1) is 35.6. The van der Waals surface area contributed by atoms with Crippen LogP contribution in [0.3, 0.4) is 0 Å². The van der Waals surface area contributed by atoms with Gasteiger partial charge in [0.2, 0.25) is 0 Å². The molecule has 3 heterocycles. The summed E-state index contributed by atoms with van der Waals surface area (Å²) in [6, 6.07) is 16.6. The summed E-state index contributed by atoms with van der Waals surface area (Å²) in [6.45, 7) is 48.7. The fourth-order valence-electron chi connectivity index (χ4n) is 9.51. The highest BCUT2D eigenvalue weighted by Crippen LogP contribution is 2.29. The molecule has 368 valence electrons. The minimum absolute atomic E-state index is 0.0124. The molecule has 4 nitrogen and oxygen atoms in total. The number of hydrogen-bond donors (Lipinski definition) is 0. The molecule has 2 aromatic heterocycles. The lowest BCUT2D eigenvalue weighted by molar-refractivity contribution is 0.365. The van der Waals surface area contributed by atoms with Crippen molar-refractivity contribution in [2.24, 2.45) is 11.8 Å². The van der Waals surface area contributed by atoms with Crippen LogP contribution in [0.2, 0.25) is 0 Å². The van der Waals surface area contributed by atoms with E-state index in [9.17, 15) is 0 Å². The SMILES string of the molecule is C=C/C=c1\c(=C)n(/C=C/C=C(C=C)/C=C/C2/C=C/C(/C=C/CC(C=C)n3/c(=C/C=C)c(=C)c4ccccc43)C/C=C/N(C(=C)/C=C\C(=C)N(/C=C/C)C3C=CC(/C(C=C)=C/C=C)=CC3)C2C=C)c2ccccc12. The lowest BCUT2D eigenvalue weighted by atomic mass is 9.93. The molecular formula is C69H72N4. The molecular weight excluding hydrogens is 885 g/mol. The largest absolute Gasteiger partial charge is 0.342 e. The highest BCUT2D eigenvalue weighted by Gasteiger charge is 2.23. The number of hydrogen-bond acceptors (Lipinski definition) is 2. The molecule has 0 radical (unpaired) electrons. The van der Waals surface area contributed by atoms with E-state index in [1.165, 1.54) is 0 Å². The second-order valence-corrected chi connectivity index (χ2v) is 17.8. The Morgan fingerprint density at radius 3 is 2.22 bits per heavy atom. The molecule has 2 aromatic carbocycles. The molecule has 0 saturated carbocycles. The minimum Gasteiger partial charge on any atom is -0.342 e. The van der Waals surface area contributed by atoms with Crippen LogP contribution in [0.25, 0.3) is 53.3 Å². The van der Waals surface area contributed by atoms with Crippen LogP contribution in [0.1, 0.15) is 32.2 Å². The number of fused-ring (bicyclic) bond motifs is 2. The zero-order valence-electron chi connectivity index (χ0n) is 42.9. The molecule has 4 aromatic rings. The van der Waals surface area contributed by atoms with Crippen LogP contribution in [-0.2, 0) is 0 Å². The number of allylic oxidation sites excluding steroid dienone is 21. The first-order valence-electron chi connectivity index (χ1n) is 24.9. The lowest BCUT2D eigenvalue weighted by Crippen LogP contribution is -2.33. The second-order valence-electron chi connectivity index (χ2n) is 17.8. The quantitative estimate of drug-likeness (QED) is 0.0576. The molecule has 0 spiro atoms. The van der Waals surface area contributed by atoms with Crippen molar-refractivity contribution in [1.82, 2.24) is 18.9 Å². The van der Waals surface area contributed by atoms with Gasteiger partial charge < -0.3 is 18.9 Å². The monoisotopic (exact) mass is 957 g/mol. The van der Waals surface area contributed by atoms with E-state index in [1.807, 2.05) is 98.2 Å². The normalized spacial score (nSPS) is 20.6. The van der Waals surface area contributed by atoms with Crippen molar-refractivity contribution in [2.45, 2.75) is 44.3 Å². The van der Waals surface area contributed by atoms with Gasteiger partial charge in [0.15, 0.2) is 0 Å². The predicted octanol–water partition coefficient (Wildman–Crippen LogP) is 14.4. The number of para-hydroxylation sites is 2. The van der Waals surface area contributed by atoms with E-state index in [4.69, 9.17) is 0 Å². The molecule has 0 amide bonds. The van der Waals surface area contributed by atoms with Crippen LogP contribution in [0.15, 0.2) is 288 Å². The Morgan fingerprint density at radius 2 is 1.55 bits per heavy atom. The van der Waals surface area contributed by atoms with Crippen molar-refractivity contribution < 1.29 is 0 Å². The lowest BCUT2D eigenvalue weighted by Gasteiger charge is -2.33. The van der Waals surface area contributed by atoms with Crippen molar-refractivity contribution in [3.63, 3.8) is 0 Å². The van der Waals surface area contributed by atoms with Crippen LogP contribution in [0.5, 0.6) is 0 Å². The van der Waals surface area contributed by atoms with Gasteiger partial charge in [-0.2, -0.15) is 0 Å². The van der Waals surface area contributed by atoms with Crippen molar-refractivity contribution in [3.05, 3.63) is 309 Å². The third-order valence-electron chi connectivity index (χ3n) is 13.2. The zero-order chi connectivity index (χ0) is 52.3. The highest BCUT2D eigenvalue weighted by molar-refractivity contribution is 5.84. The molecule has 0 N–H and O–H groups in total. The molecule has 0 bridgehead atoms. The van der Waals surface area contributed by atoms with E-state index in [-0.39, 0.29) is 30.0 Å². The van der Waals surface area contributed by atoms with Crippen molar-refractivity contribution >= 4 is 53.3 Å². The van der Waals surface area contributed by atoms with Gasteiger partial charge in [-0.1, -0.05) is 223 Å². The third-order valence-corrected chi connectivity index (χ3v) is 13.2. The van der Waals surface area contributed by atoms with E-state index in [0.717, 1.165) is 90.3 Å². The van der Waals surface area contributed by atoms with E-state index < -0.39 is 0 Å². The van der Waals surface area contributed by atoms with Crippen LogP contribution >= 0.6 is 0 Å². The van der Waals surface area contributed by atoms with Gasteiger partial charge in [0, 0.05) is 73.3 Å². The summed E-state index contributed by atoms with van der Waals surface area (Å²) >= 11 is 0. The summed E-state index contributed by atoms with van der Waals surface area (Å²) in [5.74, 6) is 0.0172. The maximum Gasteiger partial charge on any atom is 0.0610 e. The summed E-state index contributed by atoms with van der Waals surface area (Å²) in [6.07, 6.45) is 60.5. The summed E-state index contributed by atoms with van der Waals surface area (Å²) in [5, 5.41) is 6.24. The van der Waals surface area contributed by atoms with Gasteiger partial charge >= 0.3 is 0 Å². The van der Waals surface area contributed by atoms with Crippen molar-refractivity contribution in [3.8, 4) is 0 Å². The van der Waals surface area contributed by atoms with E-state index in [1.54, 1.807) is 12.2 Å². The molecule has 5 atom stereocenters. The molecule has 1 aliphatic carbocycles. The van der Waals surface area contributed by atoms with Gasteiger partial charge in [-0.3, -0.25) is 0 Å². The average Bonchev–Trinajstić information content (AvgIpc) is 3.87. The Morgan fingerprint density at radius 1 is 0.795 bits per heavy atom. The Labute approximate surface area is 435 Å². The van der Waals surface area contributed by atoms with Gasteiger partial charge in [0.25, 0.3) is 0 Å². The molecule has 2 aliphatic rings. The Hall–Kier alpha value is -8.60. The predicted molar refractivity (Wildman–Crippen MR) is 322 cm³/mol. The summed E-state index contributed by atoms with van der Waals surface area (Å²) in [5.41, 5.74) is 6.98. The Kier molecular flexibility index (Phi) is 19.6.